The van der Waals surface area contributed by atoms with E-state index in [9.17, 15) is 9.90 Å². The number of aliphatic hydroxyl groups excluding tert-OH is 1. The molecular formula is C13H24N2O2. The summed E-state index contributed by atoms with van der Waals surface area (Å²) in [5.41, 5.74) is 5.76. The second-order valence-electron chi connectivity index (χ2n) is 6.05. The van der Waals surface area contributed by atoms with Crippen LogP contribution in [0.3, 0.4) is 0 Å². The molecule has 4 nitrogen and oxygen atoms in total. The number of hydrogen-bond acceptors (Lipinski definition) is 3. The van der Waals surface area contributed by atoms with Gasteiger partial charge in [0.1, 0.15) is 0 Å². The summed E-state index contributed by atoms with van der Waals surface area (Å²) in [6, 6.07) is -0.00903. The van der Waals surface area contributed by atoms with Crippen molar-refractivity contribution in [2.75, 3.05) is 6.54 Å². The van der Waals surface area contributed by atoms with E-state index in [0.29, 0.717) is 19.4 Å². The van der Waals surface area contributed by atoms with Crippen molar-refractivity contribution in [1.82, 2.24) is 5.32 Å². The van der Waals surface area contributed by atoms with Gasteiger partial charge in [0.2, 0.25) is 5.91 Å². The van der Waals surface area contributed by atoms with Gasteiger partial charge >= 0.3 is 0 Å². The predicted octanol–water partition coefficient (Wildman–Crippen LogP) is 0.803. The van der Waals surface area contributed by atoms with Crippen LogP contribution < -0.4 is 11.1 Å². The average molecular weight is 240 g/mol. The SMILES string of the molecule is CC(C)(C)CC(O)CNC(=O)C1C=CC(N)C1. The number of nitrogens with one attached hydrogen (secondary N) is 1. The van der Waals surface area contributed by atoms with E-state index in [2.05, 4.69) is 26.1 Å². The van der Waals surface area contributed by atoms with Crippen LogP contribution in [0.1, 0.15) is 33.6 Å². The van der Waals surface area contributed by atoms with Crippen LogP contribution >= 0.6 is 0 Å². The fourth-order valence-electron chi connectivity index (χ4n) is 2.05. The molecule has 0 saturated carbocycles. The predicted molar refractivity (Wildman–Crippen MR) is 68.3 cm³/mol. The Morgan fingerprint density at radius 2 is 2.18 bits per heavy atom. The van der Waals surface area contributed by atoms with Crippen molar-refractivity contribution in [2.45, 2.75) is 45.8 Å². The van der Waals surface area contributed by atoms with E-state index in [1.165, 1.54) is 0 Å². The molecule has 0 bridgehead atoms. The molecule has 3 atom stereocenters. The summed E-state index contributed by atoms with van der Waals surface area (Å²) in [7, 11) is 0. The Hall–Kier alpha value is -0.870. The van der Waals surface area contributed by atoms with Crippen molar-refractivity contribution in [3.05, 3.63) is 12.2 Å². The van der Waals surface area contributed by atoms with Gasteiger partial charge in [0.25, 0.3) is 0 Å². The van der Waals surface area contributed by atoms with Crippen molar-refractivity contribution in [3.63, 3.8) is 0 Å². The average Bonchev–Trinajstić information content (AvgIpc) is 2.58. The van der Waals surface area contributed by atoms with Crippen LogP contribution in [-0.4, -0.2) is 29.7 Å². The molecule has 1 amide bonds. The van der Waals surface area contributed by atoms with Gasteiger partial charge in [0, 0.05) is 12.6 Å². The maximum Gasteiger partial charge on any atom is 0.227 e. The smallest absolute Gasteiger partial charge is 0.227 e. The molecule has 1 rings (SSSR count). The molecule has 4 heteroatoms. The molecule has 0 fully saturated rings. The van der Waals surface area contributed by atoms with Gasteiger partial charge in [-0.15, -0.1) is 0 Å². The highest BCUT2D eigenvalue weighted by Crippen LogP contribution is 2.20. The lowest BCUT2D eigenvalue weighted by Crippen LogP contribution is -2.37. The number of rotatable bonds is 4. The molecule has 17 heavy (non-hydrogen) atoms. The third kappa shape index (κ3) is 5.33. The lowest BCUT2D eigenvalue weighted by atomic mass is 9.89. The molecule has 1 aliphatic carbocycles. The monoisotopic (exact) mass is 240 g/mol. The molecule has 0 spiro atoms. The minimum absolute atomic E-state index is 0.00903. The van der Waals surface area contributed by atoms with Crippen molar-refractivity contribution in [1.29, 1.82) is 0 Å². The van der Waals surface area contributed by atoms with Gasteiger partial charge in [-0.25, -0.2) is 0 Å². The summed E-state index contributed by atoms with van der Waals surface area (Å²) >= 11 is 0. The van der Waals surface area contributed by atoms with Crippen molar-refractivity contribution < 1.29 is 9.90 Å². The first-order valence-corrected chi connectivity index (χ1v) is 6.17. The van der Waals surface area contributed by atoms with Crippen LogP contribution in [-0.2, 0) is 4.79 Å². The van der Waals surface area contributed by atoms with Crippen LogP contribution in [0.25, 0.3) is 0 Å². The molecule has 0 aromatic carbocycles. The summed E-state index contributed by atoms with van der Waals surface area (Å²) in [6.45, 7) is 6.51. The highest BCUT2D eigenvalue weighted by atomic mass is 16.3. The van der Waals surface area contributed by atoms with Crippen LogP contribution in [0.4, 0.5) is 0 Å². The number of hydrogen-bond donors (Lipinski definition) is 3. The van der Waals surface area contributed by atoms with Gasteiger partial charge in [-0.3, -0.25) is 4.79 Å². The fourth-order valence-corrected chi connectivity index (χ4v) is 2.05. The topological polar surface area (TPSA) is 75.3 Å². The molecule has 0 saturated heterocycles. The summed E-state index contributed by atoms with van der Waals surface area (Å²) in [5, 5.41) is 12.5. The Balaban J connectivity index is 2.27. The minimum atomic E-state index is -0.488. The largest absolute Gasteiger partial charge is 0.391 e. The molecule has 98 valence electrons. The van der Waals surface area contributed by atoms with Gasteiger partial charge in [-0.05, 0) is 18.3 Å². The molecule has 1 aliphatic rings. The van der Waals surface area contributed by atoms with Gasteiger partial charge < -0.3 is 16.2 Å². The molecule has 3 unspecified atom stereocenters. The third-order valence-electron chi connectivity index (χ3n) is 2.81. The van der Waals surface area contributed by atoms with Crippen LogP contribution in [0.5, 0.6) is 0 Å². The maximum absolute atomic E-state index is 11.7. The molecule has 0 aromatic heterocycles. The quantitative estimate of drug-likeness (QED) is 0.636. The van der Waals surface area contributed by atoms with Crippen molar-refractivity contribution in [2.24, 2.45) is 17.1 Å². The molecule has 0 aromatic rings. The fraction of sp³-hybridized carbons (Fsp3) is 0.769. The maximum atomic E-state index is 11.7. The lowest BCUT2D eigenvalue weighted by Gasteiger charge is -2.22. The van der Waals surface area contributed by atoms with Crippen LogP contribution in [0.2, 0.25) is 0 Å². The second kappa shape index (κ2) is 5.65. The zero-order valence-corrected chi connectivity index (χ0v) is 10.9. The number of carbonyl (C=O) groups excluding carboxylic acids is 1. The second-order valence-corrected chi connectivity index (χ2v) is 6.05. The summed E-state index contributed by atoms with van der Waals surface area (Å²) in [6.07, 6.45) is 4.55. The standard InChI is InChI=1S/C13H24N2O2/c1-13(2,3)7-11(16)8-15-12(17)9-4-5-10(14)6-9/h4-5,9-11,16H,6-8,14H2,1-3H3,(H,15,17). The normalized spacial score (nSPS) is 25.9. The summed E-state index contributed by atoms with van der Waals surface area (Å²) < 4.78 is 0. The number of nitrogens with two attached hydrogens (primary N) is 1. The Morgan fingerprint density at radius 1 is 1.53 bits per heavy atom. The van der Waals surface area contributed by atoms with E-state index < -0.39 is 6.10 Å². The van der Waals surface area contributed by atoms with E-state index in [0.717, 1.165) is 0 Å². The van der Waals surface area contributed by atoms with Crippen molar-refractivity contribution >= 4 is 5.91 Å². The zero-order chi connectivity index (χ0) is 13.1. The van der Waals surface area contributed by atoms with Gasteiger partial charge in [-0.2, -0.15) is 0 Å². The highest BCUT2D eigenvalue weighted by Gasteiger charge is 2.23. The molecule has 0 heterocycles. The first-order chi connectivity index (χ1) is 7.78. The van der Waals surface area contributed by atoms with E-state index in [1.807, 2.05) is 12.2 Å². The van der Waals surface area contributed by atoms with Crippen molar-refractivity contribution in [3.8, 4) is 0 Å². The molecular weight excluding hydrogens is 216 g/mol. The van der Waals surface area contributed by atoms with Gasteiger partial charge in [0.05, 0.1) is 12.0 Å². The number of carbonyl (C=O) groups is 1. The minimum Gasteiger partial charge on any atom is -0.391 e. The van der Waals surface area contributed by atoms with Crippen LogP contribution in [0.15, 0.2) is 12.2 Å². The first kappa shape index (κ1) is 14.2. The Kier molecular flexibility index (Phi) is 4.71. The van der Waals surface area contributed by atoms with E-state index in [4.69, 9.17) is 5.73 Å². The molecule has 0 aliphatic heterocycles. The highest BCUT2D eigenvalue weighted by molar-refractivity contribution is 5.81. The van der Waals surface area contributed by atoms with E-state index in [1.54, 1.807) is 0 Å². The molecule has 0 radical (unpaired) electrons. The van der Waals surface area contributed by atoms with E-state index in [-0.39, 0.29) is 23.3 Å². The summed E-state index contributed by atoms with van der Waals surface area (Å²) in [5.74, 6) is -0.172. The number of aliphatic hydroxyl groups is 1. The zero-order valence-electron chi connectivity index (χ0n) is 10.9. The van der Waals surface area contributed by atoms with Crippen LogP contribution in [0, 0.1) is 11.3 Å². The first-order valence-electron chi connectivity index (χ1n) is 6.17. The third-order valence-corrected chi connectivity index (χ3v) is 2.81. The molecule has 4 N–H and O–H groups in total. The Labute approximate surface area is 103 Å². The Bertz CT molecular complexity index is 294. The Morgan fingerprint density at radius 3 is 2.65 bits per heavy atom. The van der Waals surface area contributed by atoms with Gasteiger partial charge in [-0.1, -0.05) is 32.9 Å². The van der Waals surface area contributed by atoms with E-state index >= 15 is 0 Å². The summed E-state index contributed by atoms with van der Waals surface area (Å²) in [4.78, 5) is 11.7. The van der Waals surface area contributed by atoms with Gasteiger partial charge in [0.15, 0.2) is 0 Å². The lowest BCUT2D eigenvalue weighted by molar-refractivity contribution is -0.124. The number of amides is 1.